The molecule has 0 saturated carbocycles. The van der Waals surface area contributed by atoms with E-state index >= 15 is 0 Å². The quantitative estimate of drug-likeness (QED) is 0.686. The zero-order valence-electron chi connectivity index (χ0n) is 7.40. The molecule has 1 aromatic carbocycles. The summed E-state index contributed by atoms with van der Waals surface area (Å²) in [4.78, 5) is 13.1. The first-order valence-corrected chi connectivity index (χ1v) is 4.07. The minimum atomic E-state index is -0.614. The molecule has 2 aromatic rings. The van der Waals surface area contributed by atoms with Crippen molar-refractivity contribution in [2.75, 3.05) is 0 Å². The summed E-state index contributed by atoms with van der Waals surface area (Å²) >= 11 is 0. The van der Waals surface area contributed by atoms with Crippen LogP contribution in [-0.4, -0.2) is 4.98 Å². The molecule has 0 aliphatic rings. The molecule has 72 valence electrons. The first-order chi connectivity index (χ1) is 6.59. The first-order valence-electron chi connectivity index (χ1n) is 4.07. The Morgan fingerprint density at radius 3 is 2.71 bits per heavy atom. The molecule has 0 atom stereocenters. The van der Waals surface area contributed by atoms with Gasteiger partial charge in [0.05, 0.1) is 5.52 Å². The van der Waals surface area contributed by atoms with Gasteiger partial charge in [-0.3, -0.25) is 4.79 Å². The standard InChI is InChI=1S/C10H7F2NO/c1-5-4-7(11)10-6(9(5)12)2-3-8(14)13-10/h2-4H,1H3,(H,13,14). The normalized spacial score (nSPS) is 10.8. The molecule has 0 bridgehead atoms. The Morgan fingerprint density at radius 1 is 1.29 bits per heavy atom. The fraction of sp³-hybridized carbons (Fsp3) is 0.100. The molecule has 0 aliphatic heterocycles. The van der Waals surface area contributed by atoms with Crippen LogP contribution >= 0.6 is 0 Å². The lowest BCUT2D eigenvalue weighted by Gasteiger charge is -2.03. The predicted molar refractivity (Wildman–Crippen MR) is 49.2 cm³/mol. The number of hydrogen-bond acceptors (Lipinski definition) is 1. The van der Waals surface area contributed by atoms with Crippen molar-refractivity contribution >= 4 is 10.9 Å². The molecule has 1 aromatic heterocycles. The Hall–Kier alpha value is -1.71. The molecule has 14 heavy (non-hydrogen) atoms. The third kappa shape index (κ3) is 1.19. The fourth-order valence-electron chi connectivity index (χ4n) is 1.38. The molecule has 0 fully saturated rings. The second kappa shape index (κ2) is 2.90. The lowest BCUT2D eigenvalue weighted by molar-refractivity contribution is 0.607. The van der Waals surface area contributed by atoms with Crippen molar-refractivity contribution in [3.63, 3.8) is 0 Å². The van der Waals surface area contributed by atoms with Crippen LogP contribution in [0.25, 0.3) is 10.9 Å². The van der Waals surface area contributed by atoms with Crippen LogP contribution in [0.4, 0.5) is 8.78 Å². The molecular formula is C10H7F2NO. The molecule has 0 saturated heterocycles. The summed E-state index contributed by atoms with van der Waals surface area (Å²) in [5.41, 5.74) is -0.303. The molecule has 4 heteroatoms. The Morgan fingerprint density at radius 2 is 2.00 bits per heavy atom. The predicted octanol–water partition coefficient (Wildman–Crippen LogP) is 2.11. The number of aromatic nitrogens is 1. The van der Waals surface area contributed by atoms with Gasteiger partial charge in [0.15, 0.2) is 0 Å². The highest BCUT2D eigenvalue weighted by molar-refractivity contribution is 5.80. The monoisotopic (exact) mass is 195 g/mol. The van der Waals surface area contributed by atoms with E-state index in [9.17, 15) is 13.6 Å². The van der Waals surface area contributed by atoms with Crippen molar-refractivity contribution in [1.29, 1.82) is 0 Å². The van der Waals surface area contributed by atoms with E-state index in [1.807, 2.05) is 0 Å². The molecule has 0 unspecified atom stereocenters. The van der Waals surface area contributed by atoms with Crippen LogP contribution in [-0.2, 0) is 0 Å². The van der Waals surface area contributed by atoms with Crippen LogP contribution in [0.1, 0.15) is 5.56 Å². The van der Waals surface area contributed by atoms with E-state index in [2.05, 4.69) is 4.98 Å². The zero-order valence-corrected chi connectivity index (χ0v) is 7.40. The van der Waals surface area contributed by atoms with Crippen molar-refractivity contribution in [2.45, 2.75) is 6.92 Å². The average molecular weight is 195 g/mol. The molecule has 0 amide bonds. The number of aryl methyl sites for hydroxylation is 1. The van der Waals surface area contributed by atoms with Gasteiger partial charge in [0.2, 0.25) is 5.56 Å². The van der Waals surface area contributed by atoms with E-state index < -0.39 is 17.2 Å². The van der Waals surface area contributed by atoms with Gasteiger partial charge >= 0.3 is 0 Å². The number of rotatable bonds is 0. The highest BCUT2D eigenvalue weighted by atomic mass is 19.1. The molecule has 1 heterocycles. The highest BCUT2D eigenvalue weighted by Crippen LogP contribution is 2.20. The van der Waals surface area contributed by atoms with Gasteiger partial charge in [-0.15, -0.1) is 0 Å². The maximum Gasteiger partial charge on any atom is 0.248 e. The van der Waals surface area contributed by atoms with Crippen molar-refractivity contribution < 1.29 is 8.78 Å². The minimum absolute atomic E-state index is 0.0828. The number of fused-ring (bicyclic) bond motifs is 1. The van der Waals surface area contributed by atoms with E-state index in [0.717, 1.165) is 6.07 Å². The molecule has 0 spiro atoms. The molecule has 2 rings (SSSR count). The van der Waals surface area contributed by atoms with Crippen LogP contribution < -0.4 is 5.56 Å². The summed E-state index contributed by atoms with van der Waals surface area (Å²) in [5, 5.41) is 0.0992. The van der Waals surface area contributed by atoms with Gasteiger partial charge in [0.25, 0.3) is 0 Å². The van der Waals surface area contributed by atoms with Gasteiger partial charge in [0, 0.05) is 11.5 Å². The van der Waals surface area contributed by atoms with Gasteiger partial charge in [-0.05, 0) is 24.6 Å². The molecule has 1 N–H and O–H groups in total. The number of aromatic amines is 1. The summed E-state index contributed by atoms with van der Waals surface area (Å²) in [6.07, 6.45) is 0. The lowest BCUT2D eigenvalue weighted by Crippen LogP contribution is -2.05. The second-order valence-corrected chi connectivity index (χ2v) is 3.10. The fourth-order valence-corrected chi connectivity index (χ4v) is 1.38. The number of nitrogens with one attached hydrogen (secondary N) is 1. The number of pyridine rings is 1. The number of benzene rings is 1. The maximum absolute atomic E-state index is 13.4. The van der Waals surface area contributed by atoms with E-state index in [1.165, 1.54) is 19.1 Å². The van der Waals surface area contributed by atoms with Crippen molar-refractivity contribution in [3.05, 3.63) is 45.8 Å². The van der Waals surface area contributed by atoms with Crippen LogP contribution in [0.5, 0.6) is 0 Å². The molecule has 0 aliphatic carbocycles. The Balaban J connectivity index is 3.02. The lowest BCUT2D eigenvalue weighted by atomic mass is 10.1. The Kier molecular flexibility index (Phi) is 1.84. The van der Waals surface area contributed by atoms with E-state index in [0.29, 0.717) is 0 Å². The SMILES string of the molecule is Cc1cc(F)c2[nH]c(=O)ccc2c1F. The topological polar surface area (TPSA) is 32.9 Å². The third-order valence-electron chi connectivity index (χ3n) is 2.08. The zero-order chi connectivity index (χ0) is 10.3. The summed E-state index contributed by atoms with van der Waals surface area (Å²) in [7, 11) is 0. The third-order valence-corrected chi connectivity index (χ3v) is 2.08. The molecular weight excluding hydrogens is 188 g/mol. The van der Waals surface area contributed by atoms with Crippen molar-refractivity contribution in [3.8, 4) is 0 Å². The van der Waals surface area contributed by atoms with E-state index in [-0.39, 0.29) is 16.5 Å². The van der Waals surface area contributed by atoms with Crippen LogP contribution in [0.3, 0.4) is 0 Å². The van der Waals surface area contributed by atoms with Gasteiger partial charge < -0.3 is 4.98 Å². The van der Waals surface area contributed by atoms with Crippen LogP contribution in [0, 0.1) is 18.6 Å². The van der Waals surface area contributed by atoms with Gasteiger partial charge in [-0.25, -0.2) is 8.78 Å². The van der Waals surface area contributed by atoms with E-state index in [1.54, 1.807) is 0 Å². The smallest absolute Gasteiger partial charge is 0.248 e. The number of H-pyrrole nitrogens is 1. The van der Waals surface area contributed by atoms with Crippen LogP contribution in [0.2, 0.25) is 0 Å². The Bertz CT molecular complexity index is 560. The average Bonchev–Trinajstić information content (AvgIpc) is 2.14. The Labute approximate surface area is 78.2 Å². The van der Waals surface area contributed by atoms with Gasteiger partial charge in [-0.2, -0.15) is 0 Å². The first kappa shape index (κ1) is 8.87. The van der Waals surface area contributed by atoms with Crippen molar-refractivity contribution in [1.82, 2.24) is 4.98 Å². The van der Waals surface area contributed by atoms with Gasteiger partial charge in [-0.1, -0.05) is 0 Å². The summed E-state index contributed by atoms with van der Waals surface area (Å²) in [6.45, 7) is 1.48. The number of hydrogen-bond donors (Lipinski definition) is 1. The summed E-state index contributed by atoms with van der Waals surface area (Å²) in [5.74, 6) is -1.12. The molecule has 2 nitrogen and oxygen atoms in total. The second-order valence-electron chi connectivity index (χ2n) is 3.10. The number of halogens is 2. The van der Waals surface area contributed by atoms with Gasteiger partial charge in [0.1, 0.15) is 11.6 Å². The summed E-state index contributed by atoms with van der Waals surface area (Å²) < 4.78 is 26.7. The van der Waals surface area contributed by atoms with E-state index in [4.69, 9.17) is 0 Å². The molecule has 0 radical (unpaired) electrons. The van der Waals surface area contributed by atoms with Crippen molar-refractivity contribution in [2.24, 2.45) is 0 Å². The minimum Gasteiger partial charge on any atom is -0.319 e. The van der Waals surface area contributed by atoms with Crippen LogP contribution in [0.15, 0.2) is 23.0 Å². The summed E-state index contributed by atoms with van der Waals surface area (Å²) in [6, 6.07) is 3.51. The highest BCUT2D eigenvalue weighted by Gasteiger charge is 2.09. The maximum atomic E-state index is 13.4. The largest absolute Gasteiger partial charge is 0.319 e.